The number of nitrogens with zero attached hydrogens (tertiary/aromatic N) is 2. The van der Waals surface area contributed by atoms with Crippen LogP contribution in [0.2, 0.25) is 0 Å². The maximum absolute atomic E-state index is 12.3. The van der Waals surface area contributed by atoms with Gasteiger partial charge in [0.15, 0.2) is 0 Å². The Labute approximate surface area is 516 Å². The lowest BCUT2D eigenvalue weighted by molar-refractivity contribution is -0.127. The number of amides is 7. The highest BCUT2D eigenvalue weighted by molar-refractivity contribution is 6.14. The highest BCUT2D eigenvalue weighted by atomic mass is 16.6. The van der Waals surface area contributed by atoms with Gasteiger partial charge in [-0.05, 0) is 85.5 Å². The van der Waals surface area contributed by atoms with Gasteiger partial charge in [-0.25, -0.2) is 0 Å². The molecule has 7 amide bonds. The van der Waals surface area contributed by atoms with Crippen molar-refractivity contribution in [1.29, 1.82) is 0 Å². The maximum Gasteiger partial charge on any atom is 0.234 e. The van der Waals surface area contributed by atoms with Crippen LogP contribution in [-0.4, -0.2) is 264 Å². The zero-order valence-corrected chi connectivity index (χ0v) is 53.2. The first kappa shape index (κ1) is 87.5. The van der Waals surface area contributed by atoms with Crippen LogP contribution >= 0.6 is 0 Å². The number of ketones is 1. The fourth-order valence-electron chi connectivity index (χ4n) is 6.81. The van der Waals surface area contributed by atoms with Crippen molar-refractivity contribution in [2.75, 3.05) is 178 Å². The Bertz CT molecular complexity index is 1670. The predicted octanol–water partition coefficient (Wildman–Crippen LogP) is -0.644. The van der Waals surface area contributed by atoms with Crippen LogP contribution < -0.4 is 47.7 Å². The predicted molar refractivity (Wildman–Crippen MR) is 332 cm³/mol. The fraction of sp³-hybridized carbons (Fsp3) is 0.825. The minimum Gasteiger partial charge on any atom is -0.409 e. The van der Waals surface area contributed by atoms with E-state index in [1.807, 2.05) is 27.9 Å². The van der Waals surface area contributed by atoms with E-state index in [-0.39, 0.29) is 86.4 Å². The number of aldehydes is 2. The molecule has 27 nitrogen and oxygen atoms in total. The lowest BCUT2D eigenvalue weighted by atomic mass is 10.2. The number of carbonyl (C=O) groups excluding carboxylic acids is 10. The van der Waals surface area contributed by atoms with E-state index in [9.17, 15) is 47.9 Å². The monoisotopic (exact) mass is 1230 g/mol. The van der Waals surface area contributed by atoms with Gasteiger partial charge in [-0.15, -0.1) is 0 Å². The Morgan fingerprint density at radius 3 is 0.930 bits per heavy atom. The van der Waals surface area contributed by atoms with E-state index in [1.54, 1.807) is 0 Å². The molecule has 0 aromatic carbocycles. The van der Waals surface area contributed by atoms with Gasteiger partial charge in [0.25, 0.3) is 0 Å². The number of hydrogen-bond acceptors (Lipinski definition) is 20. The molecule has 0 spiro atoms. The van der Waals surface area contributed by atoms with Gasteiger partial charge in [0.1, 0.15) is 18.4 Å². The van der Waals surface area contributed by atoms with Crippen LogP contribution in [0.1, 0.15) is 130 Å². The molecule has 0 unspecified atom stereocenters. The molecule has 0 saturated heterocycles. The Balaban J connectivity index is -0.000000826. The molecule has 496 valence electrons. The molecular weight excluding hydrogens is 1120 g/mol. The van der Waals surface area contributed by atoms with Crippen LogP contribution in [0.25, 0.3) is 0 Å². The van der Waals surface area contributed by atoms with E-state index in [2.05, 4.69) is 54.6 Å². The van der Waals surface area contributed by atoms with Gasteiger partial charge in [-0.2, -0.15) is 0 Å². The molecule has 9 N–H and O–H groups in total. The van der Waals surface area contributed by atoms with E-state index in [0.717, 1.165) is 58.0 Å². The first-order valence-corrected chi connectivity index (χ1v) is 30.6. The zero-order chi connectivity index (χ0) is 64.8. The third-order valence-electron chi connectivity index (χ3n) is 11.5. The highest BCUT2D eigenvalue weighted by Gasteiger charge is 2.16. The molecule has 0 aliphatic heterocycles. The third-order valence-corrected chi connectivity index (χ3v) is 11.5. The van der Waals surface area contributed by atoms with Crippen LogP contribution in [0.15, 0.2) is 0 Å². The zero-order valence-electron chi connectivity index (χ0n) is 53.2. The van der Waals surface area contributed by atoms with Crippen molar-refractivity contribution in [2.45, 2.75) is 130 Å². The smallest absolute Gasteiger partial charge is 0.234 e. The van der Waals surface area contributed by atoms with Crippen molar-refractivity contribution < 1.29 is 76.4 Å². The second kappa shape index (κ2) is 72.5. The summed E-state index contributed by atoms with van der Waals surface area (Å²) < 4.78 is 32.4. The van der Waals surface area contributed by atoms with Gasteiger partial charge in [-0.3, -0.25) is 48.2 Å². The molecule has 4 radical (unpaired) electrons. The minimum atomic E-state index is -0.286. The Morgan fingerprint density at radius 2 is 0.640 bits per heavy atom. The van der Waals surface area contributed by atoms with Crippen molar-refractivity contribution in [3.63, 3.8) is 0 Å². The van der Waals surface area contributed by atoms with E-state index in [4.69, 9.17) is 44.4 Å². The standard InChI is InChI=1S/C34H62BN5O12.C18H34BN5O4.C3H9N.C2H6/c1-30(42)10-16-47-18-20-49-22-24-51-26-27-52-25-23-50-21-19-48-17-13-38-31(43)8-4-2-6-11-36-33(45)28-40(14-15-41)29-34(46)37-12-7-3-5-9-32(44)39-35;1-20-9-5-3-7-11-22-18(28)15-24(12-13-25)14-17(27)21-10-6-2-4-8-16(26)23-19;1-3-4-2;1-2/h15H,2-14,16-29H2,1H3,(H,36,45)(H,37,46)(H,38,43)(H,39,44);13,20H,2-12,14-15H2,1H3,(H,21,27)(H,22,28)(H,23,26);4H,3H2,1-2H3;1-2H3. The summed E-state index contributed by atoms with van der Waals surface area (Å²) in [5, 5.41) is 24.1. The number of rotatable bonds is 58. The van der Waals surface area contributed by atoms with Crippen molar-refractivity contribution in [2.24, 2.45) is 0 Å². The van der Waals surface area contributed by atoms with Crippen LogP contribution in [-0.2, 0) is 76.4 Å². The summed E-state index contributed by atoms with van der Waals surface area (Å²) in [6, 6.07) is 0. The quantitative estimate of drug-likeness (QED) is 0.0208. The Kier molecular flexibility index (Phi) is 73.7. The molecular formula is C57H111B2N11O16. The molecule has 0 heterocycles. The highest BCUT2D eigenvalue weighted by Crippen LogP contribution is 2.02. The van der Waals surface area contributed by atoms with Gasteiger partial charge >= 0.3 is 0 Å². The summed E-state index contributed by atoms with van der Waals surface area (Å²) in [6.07, 6.45) is 12.3. The summed E-state index contributed by atoms with van der Waals surface area (Å²) in [4.78, 5) is 118. The van der Waals surface area contributed by atoms with E-state index < -0.39 is 0 Å². The maximum atomic E-state index is 12.3. The van der Waals surface area contributed by atoms with Gasteiger partial charge in [-0.1, -0.05) is 46.5 Å². The lowest BCUT2D eigenvalue weighted by Crippen LogP contribution is -2.44. The van der Waals surface area contributed by atoms with E-state index in [0.29, 0.717) is 182 Å². The average Bonchev–Trinajstić information content (AvgIpc) is 3.53. The van der Waals surface area contributed by atoms with E-state index >= 15 is 0 Å². The first-order valence-electron chi connectivity index (χ1n) is 30.6. The van der Waals surface area contributed by atoms with Gasteiger partial charge in [0.2, 0.25) is 57.3 Å². The Hall–Kier alpha value is -4.97. The first-order chi connectivity index (χ1) is 41.7. The topological polar surface area (TPSA) is 341 Å². The normalized spacial score (nSPS) is 10.5. The van der Waals surface area contributed by atoms with Crippen LogP contribution in [0, 0.1) is 0 Å². The second-order valence-corrected chi connectivity index (χ2v) is 19.0. The molecule has 0 atom stereocenters. The third kappa shape index (κ3) is 73.3. The molecule has 0 aromatic heterocycles. The van der Waals surface area contributed by atoms with Crippen LogP contribution in [0.3, 0.4) is 0 Å². The molecule has 0 fully saturated rings. The molecule has 0 aliphatic carbocycles. The lowest BCUT2D eigenvalue weighted by Gasteiger charge is -2.18. The summed E-state index contributed by atoms with van der Waals surface area (Å²) in [6.45, 7) is 17.1. The number of hydrogen-bond donors (Lipinski definition) is 9. The summed E-state index contributed by atoms with van der Waals surface area (Å²) >= 11 is 0. The van der Waals surface area contributed by atoms with Crippen molar-refractivity contribution >= 4 is 75.7 Å². The number of nitrogens with one attached hydrogen (secondary N) is 9. The number of Topliss-reactive ketones (excluding diaryl/α,β-unsaturated/α-hetero) is 1. The van der Waals surface area contributed by atoms with Gasteiger partial charge in [0, 0.05) is 58.4 Å². The summed E-state index contributed by atoms with van der Waals surface area (Å²) in [7, 11) is 13.9. The van der Waals surface area contributed by atoms with E-state index in [1.165, 1.54) is 16.7 Å². The van der Waals surface area contributed by atoms with Crippen LogP contribution in [0.5, 0.6) is 0 Å². The molecule has 29 heteroatoms. The second-order valence-electron chi connectivity index (χ2n) is 19.0. The number of ether oxygens (including phenoxy) is 6. The molecule has 86 heavy (non-hydrogen) atoms. The number of carbonyl (C=O) groups is 10. The average molecular weight is 1230 g/mol. The van der Waals surface area contributed by atoms with Crippen molar-refractivity contribution in [3.8, 4) is 0 Å². The molecule has 0 rings (SSSR count). The van der Waals surface area contributed by atoms with Crippen molar-refractivity contribution in [3.05, 3.63) is 0 Å². The van der Waals surface area contributed by atoms with Gasteiger partial charge in [0.05, 0.1) is 119 Å². The van der Waals surface area contributed by atoms with Gasteiger partial charge < -0.3 is 85.7 Å². The summed E-state index contributed by atoms with van der Waals surface area (Å²) in [5.41, 5.74) is 0. The molecule has 0 aromatic rings. The number of unbranched alkanes of at least 4 members (excludes halogenated alkanes) is 8. The Morgan fingerprint density at radius 1 is 0.360 bits per heavy atom. The van der Waals surface area contributed by atoms with Crippen LogP contribution in [0.4, 0.5) is 0 Å². The molecule has 0 aliphatic rings. The largest absolute Gasteiger partial charge is 0.409 e. The molecule has 0 bridgehead atoms. The summed E-state index contributed by atoms with van der Waals surface area (Å²) in [5.74, 6) is -1.39. The molecule has 0 saturated carbocycles. The fourth-order valence-corrected chi connectivity index (χ4v) is 6.81. The van der Waals surface area contributed by atoms with Crippen molar-refractivity contribution in [1.82, 2.24) is 57.5 Å². The minimum absolute atomic E-state index is 0.0100. The SMILES string of the molecule is CC.CCNC.[B]NC(=O)CCCCCNC(=O)CN(CC=O)CC(=O)NCCCCCC(=O)NCCOCCOCCOCCOCCOCCOCCC(C)=O.[B]NC(=O)CCCCCNC(=O)CN(CC=O)CC(=O)NCCCCCNC.